The van der Waals surface area contributed by atoms with Gasteiger partial charge in [0.15, 0.2) is 0 Å². The summed E-state index contributed by atoms with van der Waals surface area (Å²) in [6.07, 6.45) is 2.38. The lowest BCUT2D eigenvalue weighted by atomic mass is 10.00. The lowest BCUT2D eigenvalue weighted by Gasteiger charge is -2.17. The first kappa shape index (κ1) is 22.5. The Hall–Kier alpha value is -3.72. The SMILES string of the molecule is Cc1cccc(C)c1-c1cc(O[C@@H](C)c2ccccc2)nc(NS(=O)(=O)c2cnn(C)c2)n1. The molecule has 0 aliphatic heterocycles. The van der Waals surface area contributed by atoms with E-state index in [1.165, 1.54) is 17.1 Å². The minimum absolute atomic E-state index is 0.0196. The summed E-state index contributed by atoms with van der Waals surface area (Å²) in [6, 6.07) is 17.4. The van der Waals surface area contributed by atoms with Crippen molar-refractivity contribution in [2.75, 3.05) is 4.72 Å². The minimum atomic E-state index is -3.92. The molecule has 2 aromatic carbocycles. The van der Waals surface area contributed by atoms with Crippen LogP contribution in [0.5, 0.6) is 5.88 Å². The third-order valence-electron chi connectivity index (χ3n) is 5.22. The number of hydrogen-bond acceptors (Lipinski definition) is 6. The first-order valence-electron chi connectivity index (χ1n) is 10.4. The highest BCUT2D eigenvalue weighted by Gasteiger charge is 2.20. The second-order valence-electron chi connectivity index (χ2n) is 7.81. The lowest BCUT2D eigenvalue weighted by molar-refractivity contribution is 0.217. The van der Waals surface area contributed by atoms with Crippen LogP contribution in [0.4, 0.5) is 5.95 Å². The Morgan fingerprint density at radius 2 is 1.70 bits per heavy atom. The second-order valence-corrected chi connectivity index (χ2v) is 9.49. The summed E-state index contributed by atoms with van der Waals surface area (Å²) in [4.78, 5) is 8.88. The molecule has 0 saturated heterocycles. The maximum Gasteiger partial charge on any atom is 0.267 e. The molecule has 0 aliphatic carbocycles. The average Bonchev–Trinajstić information content (AvgIpc) is 3.21. The third-order valence-corrected chi connectivity index (χ3v) is 6.51. The van der Waals surface area contributed by atoms with Crippen LogP contribution in [0, 0.1) is 13.8 Å². The van der Waals surface area contributed by atoms with E-state index in [0.29, 0.717) is 5.69 Å². The zero-order valence-electron chi connectivity index (χ0n) is 18.9. The molecule has 33 heavy (non-hydrogen) atoms. The van der Waals surface area contributed by atoms with E-state index in [9.17, 15) is 8.42 Å². The van der Waals surface area contributed by atoms with Gasteiger partial charge in [0.2, 0.25) is 11.8 Å². The molecule has 2 aromatic heterocycles. The smallest absolute Gasteiger partial charge is 0.267 e. The molecule has 0 spiro atoms. The predicted octanol–water partition coefficient (Wildman–Crippen LogP) is 4.43. The van der Waals surface area contributed by atoms with Gasteiger partial charge in [-0.2, -0.15) is 10.1 Å². The molecule has 9 heteroatoms. The normalized spacial score (nSPS) is 12.4. The highest BCUT2D eigenvalue weighted by atomic mass is 32.2. The first-order chi connectivity index (χ1) is 15.7. The zero-order valence-corrected chi connectivity index (χ0v) is 19.7. The van der Waals surface area contributed by atoms with Crippen LogP contribution in [0.15, 0.2) is 71.9 Å². The molecule has 0 unspecified atom stereocenters. The van der Waals surface area contributed by atoms with Gasteiger partial charge in [-0.1, -0.05) is 48.5 Å². The van der Waals surface area contributed by atoms with Gasteiger partial charge in [-0.15, -0.1) is 0 Å². The summed E-state index contributed by atoms with van der Waals surface area (Å²) in [7, 11) is -2.28. The molecule has 0 saturated carbocycles. The monoisotopic (exact) mass is 463 g/mol. The number of nitrogens with zero attached hydrogens (tertiary/aromatic N) is 4. The number of hydrogen-bond donors (Lipinski definition) is 1. The molecule has 4 rings (SSSR count). The van der Waals surface area contributed by atoms with Gasteiger partial charge in [0.05, 0.1) is 11.9 Å². The van der Waals surface area contributed by atoms with E-state index in [-0.39, 0.29) is 22.8 Å². The lowest BCUT2D eigenvalue weighted by Crippen LogP contribution is -2.16. The zero-order chi connectivity index (χ0) is 23.6. The summed E-state index contributed by atoms with van der Waals surface area (Å²) in [6.45, 7) is 5.88. The highest BCUT2D eigenvalue weighted by molar-refractivity contribution is 7.92. The standard InChI is InChI=1S/C24H25N5O3S/c1-16-9-8-10-17(2)23(16)21-13-22(32-18(3)19-11-6-5-7-12-19)27-24(26-21)28-33(30,31)20-14-25-29(4)15-20/h5-15,18H,1-4H3,(H,26,27,28)/t18-/m0/s1. The van der Waals surface area contributed by atoms with Gasteiger partial charge in [-0.05, 0) is 37.5 Å². The number of sulfonamides is 1. The number of ether oxygens (including phenoxy) is 1. The number of benzene rings is 2. The van der Waals surface area contributed by atoms with Crippen LogP contribution in [-0.2, 0) is 17.1 Å². The quantitative estimate of drug-likeness (QED) is 0.435. The van der Waals surface area contributed by atoms with Gasteiger partial charge in [0, 0.05) is 24.9 Å². The van der Waals surface area contributed by atoms with Gasteiger partial charge in [0.1, 0.15) is 11.0 Å². The molecule has 1 N–H and O–H groups in total. The van der Waals surface area contributed by atoms with Crippen LogP contribution in [0.2, 0.25) is 0 Å². The van der Waals surface area contributed by atoms with Gasteiger partial charge in [0.25, 0.3) is 10.0 Å². The Kier molecular flexibility index (Phi) is 6.15. The number of nitrogens with one attached hydrogen (secondary N) is 1. The molecular weight excluding hydrogens is 438 g/mol. The summed E-state index contributed by atoms with van der Waals surface area (Å²) >= 11 is 0. The van der Waals surface area contributed by atoms with Crippen molar-refractivity contribution < 1.29 is 13.2 Å². The minimum Gasteiger partial charge on any atom is -0.470 e. The number of aryl methyl sites for hydroxylation is 3. The first-order valence-corrected chi connectivity index (χ1v) is 11.9. The van der Waals surface area contributed by atoms with Crippen LogP contribution in [0.25, 0.3) is 11.3 Å². The molecule has 8 nitrogen and oxygen atoms in total. The molecule has 1 atom stereocenters. The highest BCUT2D eigenvalue weighted by Crippen LogP contribution is 2.30. The summed E-state index contributed by atoms with van der Waals surface area (Å²) in [5.41, 5.74) is 4.47. The molecule has 0 bridgehead atoms. The number of anilines is 1. The molecule has 0 radical (unpaired) electrons. The predicted molar refractivity (Wildman–Crippen MR) is 126 cm³/mol. The maximum absolute atomic E-state index is 12.9. The Morgan fingerprint density at radius 1 is 1.00 bits per heavy atom. The molecule has 2 heterocycles. The van der Waals surface area contributed by atoms with Crippen molar-refractivity contribution in [2.24, 2.45) is 7.05 Å². The fraction of sp³-hybridized carbons (Fsp3) is 0.208. The maximum atomic E-state index is 12.9. The van der Waals surface area contributed by atoms with Crippen molar-refractivity contribution in [2.45, 2.75) is 31.8 Å². The van der Waals surface area contributed by atoms with Crippen LogP contribution in [0.3, 0.4) is 0 Å². The van der Waals surface area contributed by atoms with E-state index in [1.807, 2.05) is 69.3 Å². The number of rotatable bonds is 7. The Bertz CT molecular complexity index is 1360. The molecule has 170 valence electrons. The van der Waals surface area contributed by atoms with Crippen molar-refractivity contribution in [1.29, 1.82) is 0 Å². The molecular formula is C24H25N5O3S. The Labute approximate surface area is 193 Å². The molecule has 0 amide bonds. The number of aromatic nitrogens is 4. The van der Waals surface area contributed by atoms with Gasteiger partial charge < -0.3 is 4.74 Å². The summed E-state index contributed by atoms with van der Waals surface area (Å²) in [5.74, 6) is 0.192. The fourth-order valence-corrected chi connectivity index (χ4v) is 4.49. The van der Waals surface area contributed by atoms with E-state index >= 15 is 0 Å². The van der Waals surface area contributed by atoms with Crippen molar-refractivity contribution in [3.63, 3.8) is 0 Å². The van der Waals surface area contributed by atoms with Gasteiger partial charge in [-0.3, -0.25) is 4.68 Å². The van der Waals surface area contributed by atoms with Crippen molar-refractivity contribution in [1.82, 2.24) is 19.7 Å². The summed E-state index contributed by atoms with van der Waals surface area (Å²) in [5, 5.41) is 3.94. The van der Waals surface area contributed by atoms with E-state index in [0.717, 1.165) is 22.3 Å². The molecule has 0 fully saturated rings. The van der Waals surface area contributed by atoms with Crippen LogP contribution in [0.1, 0.15) is 29.7 Å². The topological polar surface area (TPSA) is 99.0 Å². The molecule has 4 aromatic rings. The fourth-order valence-electron chi connectivity index (χ4n) is 3.57. The van der Waals surface area contributed by atoms with Crippen LogP contribution >= 0.6 is 0 Å². The van der Waals surface area contributed by atoms with Gasteiger partial charge >= 0.3 is 0 Å². The Morgan fingerprint density at radius 3 is 2.33 bits per heavy atom. The van der Waals surface area contributed by atoms with Gasteiger partial charge in [-0.25, -0.2) is 18.1 Å². The summed E-state index contributed by atoms with van der Waals surface area (Å²) < 4.78 is 35.7. The van der Waals surface area contributed by atoms with Crippen molar-refractivity contribution in [3.8, 4) is 17.1 Å². The van der Waals surface area contributed by atoms with E-state index in [2.05, 4.69) is 19.8 Å². The van der Waals surface area contributed by atoms with E-state index < -0.39 is 10.0 Å². The largest absolute Gasteiger partial charge is 0.470 e. The van der Waals surface area contributed by atoms with Crippen LogP contribution in [-0.4, -0.2) is 28.2 Å². The second kappa shape index (κ2) is 9.03. The van der Waals surface area contributed by atoms with Crippen molar-refractivity contribution in [3.05, 3.63) is 83.7 Å². The van der Waals surface area contributed by atoms with E-state index in [1.54, 1.807) is 13.1 Å². The third kappa shape index (κ3) is 5.04. The average molecular weight is 464 g/mol. The van der Waals surface area contributed by atoms with Crippen LogP contribution < -0.4 is 9.46 Å². The molecule has 0 aliphatic rings. The van der Waals surface area contributed by atoms with Crippen molar-refractivity contribution >= 4 is 16.0 Å². The van der Waals surface area contributed by atoms with E-state index in [4.69, 9.17) is 4.74 Å². The Balaban J connectivity index is 1.76.